The number of amides is 2. The molecule has 2 heterocycles. The van der Waals surface area contributed by atoms with Gasteiger partial charge in [0, 0.05) is 17.3 Å². The number of carbonyl (C=O) groups is 2. The standard InChI is InChI=1S/C20H19ClN6O3/c1-30-18-9-4-13(21)11-16(18)20(29)26-10-2-3-17(26)19(28)23-14-5-7-15(8-6-14)27-12-22-24-25-27/h4-9,11-12,17H,2-3,10H2,1H3,(H,23,28). The fourth-order valence-corrected chi connectivity index (χ4v) is 3.66. The van der Waals surface area contributed by atoms with Crippen LogP contribution in [0.4, 0.5) is 5.69 Å². The molecule has 1 aliphatic rings. The number of hydrogen-bond donors (Lipinski definition) is 1. The second-order valence-electron chi connectivity index (χ2n) is 6.79. The minimum absolute atomic E-state index is 0.239. The summed E-state index contributed by atoms with van der Waals surface area (Å²) in [5.74, 6) is -0.0910. The molecule has 0 spiro atoms. The van der Waals surface area contributed by atoms with Crippen molar-refractivity contribution in [2.24, 2.45) is 0 Å². The van der Waals surface area contributed by atoms with Crippen molar-refractivity contribution in [1.82, 2.24) is 25.1 Å². The van der Waals surface area contributed by atoms with Crippen LogP contribution in [0.3, 0.4) is 0 Å². The number of nitrogens with one attached hydrogen (secondary N) is 1. The Hall–Kier alpha value is -3.46. The van der Waals surface area contributed by atoms with Gasteiger partial charge in [-0.25, -0.2) is 4.68 Å². The molecule has 2 amide bonds. The Bertz CT molecular complexity index is 1050. The van der Waals surface area contributed by atoms with Gasteiger partial charge in [-0.15, -0.1) is 5.10 Å². The van der Waals surface area contributed by atoms with Crippen LogP contribution in [0.25, 0.3) is 5.69 Å². The van der Waals surface area contributed by atoms with E-state index in [2.05, 4.69) is 20.8 Å². The SMILES string of the molecule is COc1ccc(Cl)cc1C(=O)N1CCCC1C(=O)Nc1ccc(-n2cnnn2)cc1. The van der Waals surface area contributed by atoms with Crippen LogP contribution in [0.5, 0.6) is 5.75 Å². The molecule has 154 valence electrons. The summed E-state index contributed by atoms with van der Waals surface area (Å²) in [6.45, 7) is 0.491. The fraction of sp³-hybridized carbons (Fsp3) is 0.250. The molecule has 30 heavy (non-hydrogen) atoms. The minimum Gasteiger partial charge on any atom is -0.496 e. The van der Waals surface area contributed by atoms with Crippen molar-refractivity contribution in [2.75, 3.05) is 19.0 Å². The quantitative estimate of drug-likeness (QED) is 0.672. The van der Waals surface area contributed by atoms with Gasteiger partial charge in [-0.2, -0.15) is 0 Å². The van der Waals surface area contributed by atoms with Gasteiger partial charge >= 0.3 is 0 Å². The molecule has 0 radical (unpaired) electrons. The van der Waals surface area contributed by atoms with E-state index in [-0.39, 0.29) is 11.8 Å². The van der Waals surface area contributed by atoms with Gasteiger partial charge in [0.15, 0.2) is 0 Å². The monoisotopic (exact) mass is 426 g/mol. The van der Waals surface area contributed by atoms with Gasteiger partial charge in [0.25, 0.3) is 5.91 Å². The van der Waals surface area contributed by atoms with Crippen molar-refractivity contribution < 1.29 is 14.3 Å². The third-order valence-corrected chi connectivity index (χ3v) is 5.19. The van der Waals surface area contributed by atoms with Gasteiger partial charge in [-0.1, -0.05) is 11.6 Å². The number of tetrazole rings is 1. The van der Waals surface area contributed by atoms with E-state index in [4.69, 9.17) is 16.3 Å². The zero-order valence-corrected chi connectivity index (χ0v) is 16.9. The number of halogens is 1. The highest BCUT2D eigenvalue weighted by molar-refractivity contribution is 6.31. The Kier molecular flexibility index (Phi) is 5.62. The van der Waals surface area contributed by atoms with Crippen molar-refractivity contribution in [3.63, 3.8) is 0 Å². The average Bonchev–Trinajstić information content (AvgIpc) is 3.46. The molecule has 0 saturated carbocycles. The van der Waals surface area contributed by atoms with Crippen LogP contribution in [0.1, 0.15) is 23.2 Å². The van der Waals surface area contributed by atoms with E-state index in [1.807, 2.05) is 0 Å². The first-order chi connectivity index (χ1) is 14.6. The summed E-state index contributed by atoms with van der Waals surface area (Å²) < 4.78 is 6.81. The van der Waals surface area contributed by atoms with Crippen LogP contribution < -0.4 is 10.1 Å². The first-order valence-electron chi connectivity index (χ1n) is 9.35. The lowest BCUT2D eigenvalue weighted by molar-refractivity contribution is -0.119. The lowest BCUT2D eigenvalue weighted by Gasteiger charge is -2.25. The van der Waals surface area contributed by atoms with Crippen LogP contribution in [0.2, 0.25) is 5.02 Å². The van der Waals surface area contributed by atoms with E-state index in [1.54, 1.807) is 47.4 Å². The molecule has 0 aliphatic carbocycles. The number of hydrogen-bond acceptors (Lipinski definition) is 6. The molecular weight excluding hydrogens is 408 g/mol. The maximum atomic E-state index is 13.1. The Labute approximate surface area is 177 Å². The Morgan fingerprint density at radius 1 is 1.20 bits per heavy atom. The van der Waals surface area contributed by atoms with Gasteiger partial charge in [0.05, 0.1) is 18.4 Å². The van der Waals surface area contributed by atoms with Crippen molar-refractivity contribution in [3.05, 3.63) is 59.4 Å². The second kappa shape index (κ2) is 8.50. The van der Waals surface area contributed by atoms with E-state index in [1.165, 1.54) is 18.1 Å². The summed E-state index contributed by atoms with van der Waals surface area (Å²) in [6, 6.07) is 11.4. The first kappa shape index (κ1) is 19.8. The topological polar surface area (TPSA) is 102 Å². The molecule has 1 saturated heterocycles. The molecule has 0 bridgehead atoms. The minimum atomic E-state index is -0.569. The van der Waals surface area contributed by atoms with Crippen molar-refractivity contribution in [2.45, 2.75) is 18.9 Å². The molecule has 3 aromatic rings. The van der Waals surface area contributed by atoms with Crippen LogP contribution in [0.15, 0.2) is 48.8 Å². The molecule has 1 aliphatic heterocycles. The predicted molar refractivity (Wildman–Crippen MR) is 110 cm³/mol. The summed E-state index contributed by atoms with van der Waals surface area (Å²) in [4.78, 5) is 27.6. The van der Waals surface area contributed by atoms with E-state index in [0.29, 0.717) is 35.0 Å². The molecular formula is C20H19ClN6O3. The number of nitrogens with zero attached hydrogens (tertiary/aromatic N) is 5. The number of benzene rings is 2. The van der Waals surface area contributed by atoms with Gasteiger partial charge in [-0.3, -0.25) is 9.59 Å². The molecule has 1 atom stereocenters. The molecule has 1 unspecified atom stereocenters. The molecule has 2 aromatic carbocycles. The third kappa shape index (κ3) is 3.97. The Morgan fingerprint density at radius 2 is 2.00 bits per heavy atom. The molecule has 9 nitrogen and oxygen atoms in total. The highest BCUT2D eigenvalue weighted by Gasteiger charge is 2.35. The maximum Gasteiger partial charge on any atom is 0.258 e. The number of ether oxygens (including phenoxy) is 1. The maximum absolute atomic E-state index is 13.1. The van der Waals surface area contributed by atoms with Crippen molar-refractivity contribution >= 4 is 29.1 Å². The lowest BCUT2D eigenvalue weighted by atomic mass is 10.1. The average molecular weight is 427 g/mol. The number of rotatable bonds is 5. The Morgan fingerprint density at radius 3 is 2.70 bits per heavy atom. The normalized spacial score (nSPS) is 15.8. The molecule has 1 N–H and O–H groups in total. The number of carbonyl (C=O) groups excluding carboxylic acids is 2. The molecule has 10 heteroatoms. The van der Waals surface area contributed by atoms with E-state index in [0.717, 1.165) is 12.1 Å². The summed E-state index contributed by atoms with van der Waals surface area (Å²) in [7, 11) is 1.49. The predicted octanol–water partition coefficient (Wildman–Crippen LogP) is 2.57. The van der Waals surface area contributed by atoms with E-state index in [9.17, 15) is 9.59 Å². The molecule has 1 fully saturated rings. The number of methoxy groups -OCH3 is 1. The number of anilines is 1. The smallest absolute Gasteiger partial charge is 0.258 e. The van der Waals surface area contributed by atoms with Crippen LogP contribution >= 0.6 is 11.6 Å². The highest BCUT2D eigenvalue weighted by atomic mass is 35.5. The fourth-order valence-electron chi connectivity index (χ4n) is 3.49. The lowest BCUT2D eigenvalue weighted by Crippen LogP contribution is -2.43. The van der Waals surface area contributed by atoms with Gasteiger partial charge in [0.2, 0.25) is 5.91 Å². The van der Waals surface area contributed by atoms with Gasteiger partial charge < -0.3 is 15.0 Å². The summed E-state index contributed by atoms with van der Waals surface area (Å²) in [5, 5.41) is 14.3. The van der Waals surface area contributed by atoms with Crippen molar-refractivity contribution in [3.8, 4) is 11.4 Å². The summed E-state index contributed by atoms with van der Waals surface area (Å²) in [6.07, 6.45) is 2.81. The molecule has 1 aromatic heterocycles. The first-order valence-corrected chi connectivity index (χ1v) is 9.73. The van der Waals surface area contributed by atoms with Crippen LogP contribution in [-0.4, -0.2) is 56.6 Å². The van der Waals surface area contributed by atoms with Crippen LogP contribution in [0, 0.1) is 0 Å². The summed E-state index contributed by atoms with van der Waals surface area (Å²) in [5.41, 5.74) is 1.73. The van der Waals surface area contributed by atoms with E-state index >= 15 is 0 Å². The summed E-state index contributed by atoms with van der Waals surface area (Å²) >= 11 is 6.06. The van der Waals surface area contributed by atoms with Crippen LogP contribution in [-0.2, 0) is 4.79 Å². The van der Waals surface area contributed by atoms with Gasteiger partial charge in [0.1, 0.15) is 18.1 Å². The van der Waals surface area contributed by atoms with Crippen molar-refractivity contribution in [1.29, 1.82) is 0 Å². The van der Waals surface area contributed by atoms with Gasteiger partial charge in [-0.05, 0) is 65.7 Å². The third-order valence-electron chi connectivity index (χ3n) is 4.96. The highest BCUT2D eigenvalue weighted by Crippen LogP contribution is 2.28. The second-order valence-corrected chi connectivity index (χ2v) is 7.23. The molecule has 4 rings (SSSR count). The number of aromatic nitrogens is 4. The largest absolute Gasteiger partial charge is 0.496 e. The number of likely N-dealkylation sites (tertiary alicyclic amines) is 1. The zero-order valence-electron chi connectivity index (χ0n) is 16.2. The van der Waals surface area contributed by atoms with E-state index < -0.39 is 6.04 Å². The Balaban J connectivity index is 1.48. The zero-order chi connectivity index (χ0) is 21.1.